The first-order valence-electron chi connectivity index (χ1n) is 7.79. The summed E-state index contributed by atoms with van der Waals surface area (Å²) < 4.78 is 1.66. The summed E-state index contributed by atoms with van der Waals surface area (Å²) in [5.41, 5.74) is 1.95. The van der Waals surface area contributed by atoms with Crippen LogP contribution in [0.4, 0.5) is 5.82 Å². The lowest BCUT2D eigenvalue weighted by molar-refractivity contribution is -0.113. The van der Waals surface area contributed by atoms with E-state index in [9.17, 15) is 9.59 Å². The summed E-state index contributed by atoms with van der Waals surface area (Å²) in [5.74, 6) is 0.601. The van der Waals surface area contributed by atoms with Gasteiger partial charge in [-0.3, -0.25) is 4.79 Å². The second-order valence-electron chi connectivity index (χ2n) is 6.19. The molecule has 0 spiro atoms. The SMILES string of the molecule is CC(C)C[C@@H]1SCC(=O)Nc2c1cnn2-c1ccc(C(=O)O)cc1. The summed E-state index contributed by atoms with van der Waals surface area (Å²) in [7, 11) is 0. The van der Waals surface area contributed by atoms with Gasteiger partial charge in [-0.1, -0.05) is 13.8 Å². The lowest BCUT2D eigenvalue weighted by atomic mass is 10.0. The highest BCUT2D eigenvalue weighted by molar-refractivity contribution is 8.00. The van der Waals surface area contributed by atoms with Crippen molar-refractivity contribution in [3.05, 3.63) is 41.6 Å². The molecule has 0 bridgehead atoms. The first-order valence-corrected chi connectivity index (χ1v) is 8.83. The largest absolute Gasteiger partial charge is 0.478 e. The van der Waals surface area contributed by atoms with Gasteiger partial charge in [0, 0.05) is 10.8 Å². The molecule has 2 heterocycles. The molecule has 1 aromatic heterocycles. The van der Waals surface area contributed by atoms with Crippen LogP contribution in [0.5, 0.6) is 0 Å². The van der Waals surface area contributed by atoms with Crippen molar-refractivity contribution in [3.63, 3.8) is 0 Å². The summed E-state index contributed by atoms with van der Waals surface area (Å²) in [4.78, 5) is 23.0. The van der Waals surface area contributed by atoms with Crippen LogP contribution in [-0.2, 0) is 4.79 Å². The van der Waals surface area contributed by atoms with E-state index in [4.69, 9.17) is 5.11 Å². The molecule has 1 aromatic carbocycles. The van der Waals surface area contributed by atoms with Gasteiger partial charge in [-0.15, -0.1) is 11.8 Å². The van der Waals surface area contributed by atoms with Gasteiger partial charge >= 0.3 is 5.97 Å². The third kappa shape index (κ3) is 3.31. The average molecular weight is 345 g/mol. The Morgan fingerprint density at radius 2 is 2.12 bits per heavy atom. The number of aromatic carboxylic acids is 1. The van der Waals surface area contributed by atoms with E-state index in [-0.39, 0.29) is 16.7 Å². The van der Waals surface area contributed by atoms with Crippen molar-refractivity contribution in [1.82, 2.24) is 9.78 Å². The summed E-state index contributed by atoms with van der Waals surface area (Å²) in [6.45, 7) is 4.32. The summed E-state index contributed by atoms with van der Waals surface area (Å²) in [5, 5.41) is 16.6. The number of hydrogen-bond acceptors (Lipinski definition) is 4. The molecule has 1 atom stereocenters. The number of benzene rings is 1. The molecule has 0 saturated carbocycles. The third-order valence-electron chi connectivity index (χ3n) is 3.86. The molecule has 126 valence electrons. The highest BCUT2D eigenvalue weighted by Gasteiger charge is 2.27. The molecule has 0 saturated heterocycles. The number of carboxylic acids is 1. The smallest absolute Gasteiger partial charge is 0.335 e. The van der Waals surface area contributed by atoms with Crippen LogP contribution >= 0.6 is 11.8 Å². The van der Waals surface area contributed by atoms with Gasteiger partial charge in [0.1, 0.15) is 5.82 Å². The van der Waals surface area contributed by atoms with Crippen LogP contribution in [0.2, 0.25) is 0 Å². The van der Waals surface area contributed by atoms with Crippen molar-refractivity contribution in [3.8, 4) is 5.69 Å². The number of carboxylic acid groups (broad SMARTS) is 1. The van der Waals surface area contributed by atoms with E-state index in [1.807, 2.05) is 0 Å². The number of anilines is 1. The maximum atomic E-state index is 12.1. The summed E-state index contributed by atoms with van der Waals surface area (Å²) in [6.07, 6.45) is 2.77. The van der Waals surface area contributed by atoms with Gasteiger partial charge < -0.3 is 10.4 Å². The first kappa shape index (κ1) is 16.6. The van der Waals surface area contributed by atoms with Crippen molar-refractivity contribution < 1.29 is 14.7 Å². The number of carbonyl (C=O) groups is 2. The fraction of sp³-hybridized carbons (Fsp3) is 0.353. The molecule has 0 unspecified atom stereocenters. The molecule has 1 aliphatic heterocycles. The zero-order valence-electron chi connectivity index (χ0n) is 13.5. The Labute approximate surface area is 144 Å². The number of hydrogen-bond donors (Lipinski definition) is 2. The minimum Gasteiger partial charge on any atom is -0.478 e. The Bertz CT molecular complexity index is 768. The highest BCUT2D eigenvalue weighted by Crippen LogP contribution is 2.41. The normalized spacial score (nSPS) is 17.3. The van der Waals surface area contributed by atoms with Crippen LogP contribution in [0.1, 0.15) is 41.4 Å². The van der Waals surface area contributed by atoms with Gasteiger partial charge in [0.2, 0.25) is 5.91 Å². The zero-order valence-corrected chi connectivity index (χ0v) is 14.3. The monoisotopic (exact) mass is 345 g/mol. The summed E-state index contributed by atoms with van der Waals surface area (Å²) in [6, 6.07) is 6.45. The molecular formula is C17H19N3O3S. The molecule has 7 heteroatoms. The van der Waals surface area contributed by atoms with Crippen LogP contribution in [-0.4, -0.2) is 32.5 Å². The van der Waals surface area contributed by atoms with Crippen molar-refractivity contribution >= 4 is 29.5 Å². The molecule has 3 rings (SSSR count). The Hall–Kier alpha value is -2.28. The van der Waals surface area contributed by atoms with E-state index in [1.165, 1.54) is 12.1 Å². The number of carbonyl (C=O) groups excluding carboxylic acids is 1. The molecule has 1 aliphatic rings. The molecule has 24 heavy (non-hydrogen) atoms. The Morgan fingerprint density at radius 1 is 1.42 bits per heavy atom. The minimum absolute atomic E-state index is 0.0450. The van der Waals surface area contributed by atoms with Crippen LogP contribution < -0.4 is 5.32 Å². The van der Waals surface area contributed by atoms with Crippen molar-refractivity contribution in [2.45, 2.75) is 25.5 Å². The molecule has 2 aromatic rings. The van der Waals surface area contributed by atoms with E-state index in [2.05, 4.69) is 24.3 Å². The number of aromatic nitrogens is 2. The van der Waals surface area contributed by atoms with Gasteiger partial charge in [0.25, 0.3) is 0 Å². The molecule has 0 radical (unpaired) electrons. The Morgan fingerprint density at radius 3 is 2.75 bits per heavy atom. The van der Waals surface area contributed by atoms with Crippen LogP contribution in [0.15, 0.2) is 30.5 Å². The lowest BCUT2D eigenvalue weighted by Crippen LogP contribution is -2.15. The van der Waals surface area contributed by atoms with E-state index >= 15 is 0 Å². The quantitative estimate of drug-likeness (QED) is 0.888. The van der Waals surface area contributed by atoms with Gasteiger partial charge in [0.05, 0.1) is 23.2 Å². The minimum atomic E-state index is -0.970. The predicted molar refractivity (Wildman–Crippen MR) is 93.8 cm³/mol. The first-order chi connectivity index (χ1) is 11.5. The van der Waals surface area contributed by atoms with Gasteiger partial charge in [-0.2, -0.15) is 5.10 Å². The van der Waals surface area contributed by atoms with Crippen molar-refractivity contribution in [2.75, 3.05) is 11.1 Å². The van der Waals surface area contributed by atoms with Crippen LogP contribution in [0.25, 0.3) is 5.69 Å². The fourth-order valence-corrected chi connectivity index (χ4v) is 4.02. The zero-order chi connectivity index (χ0) is 17.3. The summed E-state index contributed by atoms with van der Waals surface area (Å²) >= 11 is 1.63. The molecule has 2 N–H and O–H groups in total. The van der Waals surface area contributed by atoms with Crippen molar-refractivity contribution in [1.29, 1.82) is 0 Å². The van der Waals surface area contributed by atoms with Gasteiger partial charge in [-0.05, 0) is 36.6 Å². The van der Waals surface area contributed by atoms with E-state index in [0.29, 0.717) is 17.5 Å². The number of fused-ring (bicyclic) bond motifs is 1. The second kappa shape index (κ2) is 6.68. The van der Waals surface area contributed by atoms with Gasteiger partial charge in [0.15, 0.2) is 0 Å². The number of amides is 1. The standard InChI is InChI=1S/C17H19N3O3S/c1-10(2)7-14-13-8-18-20(16(13)19-15(21)9-24-14)12-5-3-11(4-6-12)17(22)23/h3-6,8,10,14H,7,9H2,1-2H3,(H,19,21)(H,22,23)/t14-/m0/s1. The second-order valence-corrected chi connectivity index (χ2v) is 7.38. The maximum Gasteiger partial charge on any atom is 0.335 e. The average Bonchev–Trinajstić information content (AvgIpc) is 2.88. The molecule has 1 amide bonds. The number of rotatable bonds is 4. The topological polar surface area (TPSA) is 84.2 Å². The number of nitrogens with zero attached hydrogens (tertiary/aromatic N) is 2. The number of thioether (sulfide) groups is 1. The van der Waals surface area contributed by atoms with E-state index in [0.717, 1.165) is 17.7 Å². The molecule has 6 nitrogen and oxygen atoms in total. The Balaban J connectivity index is 2.00. The molecule has 0 fully saturated rings. The number of nitrogens with one attached hydrogen (secondary N) is 1. The van der Waals surface area contributed by atoms with Crippen LogP contribution in [0, 0.1) is 5.92 Å². The highest BCUT2D eigenvalue weighted by atomic mass is 32.2. The molecule has 0 aliphatic carbocycles. The Kier molecular flexibility index (Phi) is 4.62. The van der Waals surface area contributed by atoms with Gasteiger partial charge in [-0.25, -0.2) is 9.48 Å². The fourth-order valence-electron chi connectivity index (χ4n) is 2.72. The maximum absolute atomic E-state index is 12.1. The lowest BCUT2D eigenvalue weighted by Gasteiger charge is -2.15. The predicted octanol–water partition coefficient (Wildman–Crippen LogP) is 3.34. The van der Waals surface area contributed by atoms with E-state index < -0.39 is 5.97 Å². The van der Waals surface area contributed by atoms with E-state index in [1.54, 1.807) is 34.8 Å². The third-order valence-corrected chi connectivity index (χ3v) is 5.14. The molecular weight excluding hydrogens is 326 g/mol. The van der Waals surface area contributed by atoms with Crippen LogP contribution in [0.3, 0.4) is 0 Å². The van der Waals surface area contributed by atoms with Crippen molar-refractivity contribution in [2.24, 2.45) is 5.92 Å².